The monoisotopic (exact) mass is 325 g/mol. The fourth-order valence-electron chi connectivity index (χ4n) is 2.81. The van der Waals surface area contributed by atoms with E-state index in [9.17, 15) is 4.79 Å². The lowest BCUT2D eigenvalue weighted by Crippen LogP contribution is -2.38. The standard InChI is InChI=1S/C20H23NO3/c1-15(16-8-3-2-4-9-16)23-13-7-12-21-20(22)19-14-17-10-5-6-11-18(17)24-19/h2-6,8-11,15,19H,7,12-14H2,1H3,(H,21,22)/t15-,19+/m0/s1. The van der Waals surface area contributed by atoms with Crippen LogP contribution in [0.15, 0.2) is 54.6 Å². The number of amides is 1. The van der Waals surface area contributed by atoms with Gasteiger partial charge in [-0.25, -0.2) is 0 Å². The summed E-state index contributed by atoms with van der Waals surface area (Å²) in [4.78, 5) is 12.2. The number of nitrogens with one attached hydrogen (secondary N) is 1. The van der Waals surface area contributed by atoms with Crippen molar-refractivity contribution in [1.82, 2.24) is 5.32 Å². The molecule has 1 heterocycles. The third-order valence-electron chi connectivity index (χ3n) is 4.20. The van der Waals surface area contributed by atoms with Gasteiger partial charge in [-0.15, -0.1) is 0 Å². The number of carbonyl (C=O) groups excluding carboxylic acids is 1. The minimum atomic E-state index is -0.411. The van der Waals surface area contributed by atoms with E-state index in [0.29, 0.717) is 19.6 Å². The van der Waals surface area contributed by atoms with Crippen molar-refractivity contribution in [3.8, 4) is 5.75 Å². The number of benzene rings is 2. The normalized spacial score (nSPS) is 17.0. The summed E-state index contributed by atoms with van der Waals surface area (Å²) in [6.07, 6.45) is 1.08. The topological polar surface area (TPSA) is 47.6 Å². The van der Waals surface area contributed by atoms with Crippen LogP contribution in [0.4, 0.5) is 0 Å². The highest BCUT2D eigenvalue weighted by atomic mass is 16.5. The van der Waals surface area contributed by atoms with Crippen LogP contribution in [0, 0.1) is 0 Å². The second-order valence-corrected chi connectivity index (χ2v) is 5.99. The molecule has 2 aromatic carbocycles. The molecule has 0 bridgehead atoms. The van der Waals surface area contributed by atoms with Crippen molar-refractivity contribution < 1.29 is 14.3 Å². The van der Waals surface area contributed by atoms with E-state index in [4.69, 9.17) is 9.47 Å². The molecule has 0 spiro atoms. The van der Waals surface area contributed by atoms with Crippen LogP contribution in [0.2, 0.25) is 0 Å². The summed E-state index contributed by atoms with van der Waals surface area (Å²) in [5.74, 6) is 0.764. The quantitative estimate of drug-likeness (QED) is 0.795. The number of carbonyl (C=O) groups is 1. The smallest absolute Gasteiger partial charge is 0.261 e. The van der Waals surface area contributed by atoms with Crippen LogP contribution in [-0.4, -0.2) is 25.2 Å². The van der Waals surface area contributed by atoms with Gasteiger partial charge in [-0.2, -0.15) is 0 Å². The maximum absolute atomic E-state index is 12.2. The molecular weight excluding hydrogens is 302 g/mol. The highest BCUT2D eigenvalue weighted by Gasteiger charge is 2.28. The van der Waals surface area contributed by atoms with E-state index in [1.54, 1.807) is 0 Å². The Morgan fingerprint density at radius 3 is 2.75 bits per heavy atom. The van der Waals surface area contributed by atoms with Gasteiger partial charge in [-0.1, -0.05) is 48.5 Å². The van der Waals surface area contributed by atoms with Gasteiger partial charge in [-0.3, -0.25) is 4.79 Å². The summed E-state index contributed by atoms with van der Waals surface area (Å²) in [7, 11) is 0. The number of ether oxygens (including phenoxy) is 2. The molecule has 1 aliphatic rings. The molecule has 3 rings (SSSR count). The summed E-state index contributed by atoms with van der Waals surface area (Å²) >= 11 is 0. The van der Waals surface area contributed by atoms with Gasteiger partial charge in [0.05, 0.1) is 6.10 Å². The van der Waals surface area contributed by atoms with Gasteiger partial charge in [-0.05, 0) is 30.5 Å². The van der Waals surface area contributed by atoms with Gasteiger partial charge in [0.25, 0.3) is 5.91 Å². The number of fused-ring (bicyclic) bond motifs is 1. The molecule has 2 atom stereocenters. The number of rotatable bonds is 7. The third-order valence-corrected chi connectivity index (χ3v) is 4.20. The lowest BCUT2D eigenvalue weighted by atomic mass is 10.1. The van der Waals surface area contributed by atoms with Gasteiger partial charge < -0.3 is 14.8 Å². The lowest BCUT2D eigenvalue weighted by Gasteiger charge is -2.14. The Morgan fingerprint density at radius 2 is 1.96 bits per heavy atom. The lowest BCUT2D eigenvalue weighted by molar-refractivity contribution is -0.127. The Hall–Kier alpha value is -2.33. The van der Waals surface area contributed by atoms with Crippen LogP contribution in [0.3, 0.4) is 0 Å². The van der Waals surface area contributed by atoms with Gasteiger partial charge in [0, 0.05) is 19.6 Å². The SMILES string of the molecule is C[C@H](OCCCNC(=O)[C@H]1Cc2ccccc2O1)c1ccccc1. The molecule has 0 saturated carbocycles. The molecule has 0 unspecified atom stereocenters. The minimum absolute atomic E-state index is 0.0534. The van der Waals surface area contributed by atoms with E-state index < -0.39 is 6.10 Å². The number of para-hydroxylation sites is 1. The molecular formula is C20H23NO3. The number of hydrogen-bond acceptors (Lipinski definition) is 3. The van der Waals surface area contributed by atoms with Crippen molar-refractivity contribution in [2.75, 3.05) is 13.2 Å². The van der Waals surface area contributed by atoms with E-state index in [1.165, 1.54) is 5.56 Å². The maximum atomic E-state index is 12.2. The van der Waals surface area contributed by atoms with E-state index >= 15 is 0 Å². The Morgan fingerprint density at radius 1 is 1.21 bits per heavy atom. The van der Waals surface area contributed by atoms with Crippen molar-refractivity contribution >= 4 is 5.91 Å². The van der Waals surface area contributed by atoms with Crippen LogP contribution in [-0.2, 0) is 16.0 Å². The zero-order valence-electron chi connectivity index (χ0n) is 13.9. The van der Waals surface area contributed by atoms with Crippen molar-refractivity contribution in [3.63, 3.8) is 0 Å². The molecule has 0 saturated heterocycles. The summed E-state index contributed by atoms with van der Waals surface area (Å²) < 4.78 is 11.5. The Labute approximate surface area is 142 Å². The zero-order valence-corrected chi connectivity index (χ0v) is 13.9. The van der Waals surface area contributed by atoms with Gasteiger partial charge >= 0.3 is 0 Å². The second kappa shape index (κ2) is 7.97. The Bertz CT molecular complexity index is 647. The molecule has 1 N–H and O–H groups in total. The van der Waals surface area contributed by atoms with Crippen molar-refractivity contribution in [1.29, 1.82) is 0 Å². The molecule has 4 nitrogen and oxygen atoms in total. The van der Waals surface area contributed by atoms with Gasteiger partial charge in [0.15, 0.2) is 6.10 Å². The fraction of sp³-hybridized carbons (Fsp3) is 0.350. The van der Waals surface area contributed by atoms with Crippen molar-refractivity contribution in [2.24, 2.45) is 0 Å². The maximum Gasteiger partial charge on any atom is 0.261 e. The highest BCUT2D eigenvalue weighted by molar-refractivity contribution is 5.82. The molecule has 126 valence electrons. The molecule has 24 heavy (non-hydrogen) atoms. The van der Waals surface area contributed by atoms with E-state index in [1.807, 2.05) is 49.4 Å². The molecule has 0 aromatic heterocycles. The largest absolute Gasteiger partial charge is 0.480 e. The summed E-state index contributed by atoms with van der Waals surface area (Å²) in [5.41, 5.74) is 2.26. The Balaban J connectivity index is 1.33. The highest BCUT2D eigenvalue weighted by Crippen LogP contribution is 2.28. The summed E-state index contributed by atoms with van der Waals surface area (Å²) in [5, 5.41) is 2.93. The van der Waals surface area contributed by atoms with E-state index in [2.05, 4.69) is 17.4 Å². The van der Waals surface area contributed by atoms with Gasteiger partial charge in [0.2, 0.25) is 0 Å². The first-order valence-corrected chi connectivity index (χ1v) is 8.43. The van der Waals surface area contributed by atoms with E-state index in [-0.39, 0.29) is 12.0 Å². The van der Waals surface area contributed by atoms with E-state index in [0.717, 1.165) is 17.7 Å². The fourth-order valence-corrected chi connectivity index (χ4v) is 2.81. The Kier molecular flexibility index (Phi) is 5.49. The average molecular weight is 325 g/mol. The average Bonchev–Trinajstić information content (AvgIpc) is 3.06. The summed E-state index contributed by atoms with van der Waals surface area (Å²) in [6, 6.07) is 17.9. The van der Waals surface area contributed by atoms with Crippen LogP contribution in [0.25, 0.3) is 0 Å². The van der Waals surface area contributed by atoms with Gasteiger partial charge in [0.1, 0.15) is 5.75 Å². The summed E-state index contributed by atoms with van der Waals surface area (Å²) in [6.45, 7) is 3.25. The van der Waals surface area contributed by atoms with Crippen LogP contribution >= 0.6 is 0 Å². The van der Waals surface area contributed by atoms with Crippen LogP contribution in [0.1, 0.15) is 30.6 Å². The molecule has 4 heteroatoms. The molecule has 1 amide bonds. The first-order valence-electron chi connectivity index (χ1n) is 8.43. The third kappa shape index (κ3) is 4.15. The molecule has 1 aliphatic heterocycles. The molecule has 0 fully saturated rings. The predicted octanol–water partition coefficient (Wildman–Crippen LogP) is 3.27. The first-order chi connectivity index (χ1) is 11.7. The van der Waals surface area contributed by atoms with Crippen molar-refractivity contribution in [2.45, 2.75) is 32.0 Å². The molecule has 0 aliphatic carbocycles. The van der Waals surface area contributed by atoms with Crippen LogP contribution in [0.5, 0.6) is 5.75 Å². The van der Waals surface area contributed by atoms with Crippen LogP contribution < -0.4 is 10.1 Å². The van der Waals surface area contributed by atoms with Crippen molar-refractivity contribution in [3.05, 3.63) is 65.7 Å². The minimum Gasteiger partial charge on any atom is -0.480 e. The molecule has 2 aromatic rings. The zero-order chi connectivity index (χ0) is 16.8. The molecule has 0 radical (unpaired) electrons. The second-order valence-electron chi connectivity index (χ2n) is 5.99. The first kappa shape index (κ1) is 16.5. The predicted molar refractivity (Wildman–Crippen MR) is 93.0 cm³/mol. The number of hydrogen-bond donors (Lipinski definition) is 1.